The highest BCUT2D eigenvalue weighted by molar-refractivity contribution is 9.11. The van der Waals surface area contributed by atoms with Crippen molar-refractivity contribution in [1.82, 2.24) is 0 Å². The van der Waals surface area contributed by atoms with E-state index in [0.29, 0.717) is 0 Å². The number of benzene rings is 1. The molecule has 0 aliphatic heterocycles. The quantitative estimate of drug-likeness (QED) is 0.629. The van der Waals surface area contributed by atoms with Crippen molar-refractivity contribution in [1.29, 1.82) is 0 Å². The van der Waals surface area contributed by atoms with Gasteiger partial charge in [0.15, 0.2) is 11.6 Å². The molecule has 0 atom stereocenters. The van der Waals surface area contributed by atoms with Crippen LogP contribution < -0.4 is 0 Å². The summed E-state index contributed by atoms with van der Waals surface area (Å²) >= 11 is 5.09. The number of halogens is 4. The Kier molecular flexibility index (Phi) is 3.64. The van der Waals surface area contributed by atoms with Crippen LogP contribution in [0.2, 0.25) is 0 Å². The fraction of sp³-hybridized carbons (Fsp3) is 0. The summed E-state index contributed by atoms with van der Waals surface area (Å²) in [6.45, 7) is 0. The van der Waals surface area contributed by atoms with Gasteiger partial charge in [-0.2, -0.15) is 0 Å². The maximum atomic E-state index is 13.5. The topological polar surface area (TPSA) is 74.6 Å². The van der Waals surface area contributed by atoms with Crippen LogP contribution in [0.3, 0.4) is 0 Å². The van der Waals surface area contributed by atoms with E-state index in [0.717, 1.165) is 0 Å². The predicted octanol–water partition coefficient (Wildman–Crippen LogP) is 2.89. The molecule has 0 aliphatic carbocycles. The zero-order valence-corrected chi connectivity index (χ0v) is 10.4. The number of rotatable bonds is 2. The Labute approximate surface area is 104 Å². The summed E-state index contributed by atoms with van der Waals surface area (Å²) in [5, 5.41) is 17.2. The molecule has 0 spiro atoms. The van der Waals surface area contributed by atoms with E-state index >= 15 is 0 Å². The van der Waals surface area contributed by atoms with Crippen LogP contribution in [-0.2, 0) is 0 Å². The van der Waals surface area contributed by atoms with E-state index in [1.807, 2.05) is 0 Å². The number of hydrogen-bond acceptors (Lipinski definition) is 2. The minimum Gasteiger partial charge on any atom is -0.478 e. The van der Waals surface area contributed by atoms with Gasteiger partial charge in [0.05, 0.1) is 8.95 Å². The predicted molar refractivity (Wildman–Crippen MR) is 55.7 cm³/mol. The first-order valence-corrected chi connectivity index (χ1v) is 5.20. The second-order valence-electron chi connectivity index (χ2n) is 2.62. The van der Waals surface area contributed by atoms with Crippen molar-refractivity contribution in [2.24, 2.45) is 0 Å². The van der Waals surface area contributed by atoms with Gasteiger partial charge in [-0.05, 0) is 31.9 Å². The van der Waals surface area contributed by atoms with Crippen LogP contribution in [0.25, 0.3) is 0 Å². The molecule has 0 saturated heterocycles. The number of carboxylic acid groups (broad SMARTS) is 2. The maximum absolute atomic E-state index is 13.5. The van der Waals surface area contributed by atoms with Gasteiger partial charge < -0.3 is 10.2 Å². The van der Waals surface area contributed by atoms with E-state index in [4.69, 9.17) is 10.2 Å². The molecule has 0 unspecified atom stereocenters. The molecule has 0 bridgehead atoms. The normalized spacial score (nSPS) is 10.2. The average molecular weight is 360 g/mol. The van der Waals surface area contributed by atoms with Crippen LogP contribution >= 0.6 is 31.9 Å². The fourth-order valence-electron chi connectivity index (χ4n) is 1.01. The van der Waals surface area contributed by atoms with E-state index in [2.05, 4.69) is 31.9 Å². The number of carbonyl (C=O) groups is 2. The Balaban J connectivity index is 3.80. The smallest absolute Gasteiger partial charge is 0.339 e. The Morgan fingerprint density at radius 3 is 1.44 bits per heavy atom. The molecule has 8 heteroatoms. The molecule has 1 aromatic carbocycles. The molecule has 4 nitrogen and oxygen atoms in total. The van der Waals surface area contributed by atoms with Crippen molar-refractivity contribution in [3.63, 3.8) is 0 Å². The average Bonchev–Trinajstić information content (AvgIpc) is 2.13. The second kappa shape index (κ2) is 4.46. The first-order chi connectivity index (χ1) is 7.29. The number of hydrogen-bond donors (Lipinski definition) is 2. The SMILES string of the molecule is O=C(O)c1c(F)c(C(=O)O)c(Br)c(F)c1Br. The minimum atomic E-state index is -1.77. The van der Waals surface area contributed by atoms with Gasteiger partial charge in [0.25, 0.3) is 0 Å². The third kappa shape index (κ3) is 1.94. The fourth-order valence-corrected chi connectivity index (χ4v) is 2.36. The Morgan fingerprint density at radius 2 is 1.19 bits per heavy atom. The lowest BCUT2D eigenvalue weighted by molar-refractivity contribution is 0.0685. The summed E-state index contributed by atoms with van der Waals surface area (Å²) in [7, 11) is 0. The summed E-state index contributed by atoms with van der Waals surface area (Å²) in [5.74, 6) is -6.23. The van der Waals surface area contributed by atoms with Crippen LogP contribution in [0.5, 0.6) is 0 Å². The molecule has 86 valence electrons. The van der Waals surface area contributed by atoms with Crippen molar-refractivity contribution in [3.8, 4) is 0 Å². The largest absolute Gasteiger partial charge is 0.478 e. The molecule has 1 rings (SSSR count). The van der Waals surface area contributed by atoms with E-state index < -0.39 is 43.6 Å². The summed E-state index contributed by atoms with van der Waals surface area (Å²) in [6.07, 6.45) is 0. The van der Waals surface area contributed by atoms with Gasteiger partial charge in [0.1, 0.15) is 11.1 Å². The summed E-state index contributed by atoms with van der Waals surface area (Å²) in [4.78, 5) is 21.3. The van der Waals surface area contributed by atoms with Crippen LogP contribution in [0.4, 0.5) is 8.78 Å². The lowest BCUT2D eigenvalue weighted by atomic mass is 10.1. The van der Waals surface area contributed by atoms with Crippen molar-refractivity contribution in [3.05, 3.63) is 31.7 Å². The van der Waals surface area contributed by atoms with Crippen molar-refractivity contribution in [2.45, 2.75) is 0 Å². The Hall–Kier alpha value is -1.02. The molecule has 0 saturated carbocycles. The highest BCUT2D eigenvalue weighted by Crippen LogP contribution is 2.33. The molecule has 0 fully saturated rings. The van der Waals surface area contributed by atoms with Gasteiger partial charge in [0, 0.05) is 0 Å². The molecule has 0 aliphatic rings. The Morgan fingerprint density at radius 1 is 0.875 bits per heavy atom. The van der Waals surface area contributed by atoms with E-state index in [-0.39, 0.29) is 0 Å². The molecule has 0 heterocycles. The first kappa shape index (κ1) is 13.0. The van der Waals surface area contributed by atoms with Crippen LogP contribution in [0.15, 0.2) is 8.95 Å². The van der Waals surface area contributed by atoms with Crippen molar-refractivity contribution < 1.29 is 28.6 Å². The van der Waals surface area contributed by atoms with Gasteiger partial charge in [-0.15, -0.1) is 0 Å². The highest BCUT2D eigenvalue weighted by Gasteiger charge is 2.29. The monoisotopic (exact) mass is 358 g/mol. The zero-order valence-electron chi connectivity index (χ0n) is 7.22. The molecule has 0 aromatic heterocycles. The minimum absolute atomic E-state index is 0.644. The molecule has 0 amide bonds. The first-order valence-electron chi connectivity index (χ1n) is 3.61. The van der Waals surface area contributed by atoms with Gasteiger partial charge in [-0.25, -0.2) is 18.4 Å². The molecular weight excluding hydrogens is 358 g/mol. The molecular formula is C8H2Br2F2O4. The molecule has 1 aromatic rings. The summed E-state index contributed by atoms with van der Waals surface area (Å²) in [5.41, 5.74) is -2.11. The zero-order chi connectivity index (χ0) is 12.6. The summed E-state index contributed by atoms with van der Waals surface area (Å²) < 4.78 is 25.6. The van der Waals surface area contributed by atoms with Gasteiger partial charge in [0.2, 0.25) is 0 Å². The standard InChI is InChI=1S/C8H2Br2F2O4/c9-3-1(7(13)14)5(11)2(8(15)16)4(10)6(3)12/h(H,13,14)(H,15,16). The van der Waals surface area contributed by atoms with E-state index in [9.17, 15) is 18.4 Å². The van der Waals surface area contributed by atoms with Crippen LogP contribution in [0.1, 0.15) is 20.7 Å². The molecule has 2 N–H and O–H groups in total. The highest BCUT2D eigenvalue weighted by atomic mass is 79.9. The van der Waals surface area contributed by atoms with Crippen LogP contribution in [0, 0.1) is 11.6 Å². The van der Waals surface area contributed by atoms with Gasteiger partial charge >= 0.3 is 11.9 Å². The van der Waals surface area contributed by atoms with E-state index in [1.165, 1.54) is 0 Å². The number of carboxylic acids is 2. The molecule has 16 heavy (non-hydrogen) atoms. The summed E-state index contributed by atoms with van der Waals surface area (Å²) in [6, 6.07) is 0. The Bertz CT molecular complexity index is 460. The van der Waals surface area contributed by atoms with Crippen molar-refractivity contribution >= 4 is 43.8 Å². The van der Waals surface area contributed by atoms with Crippen molar-refractivity contribution in [2.75, 3.05) is 0 Å². The lowest BCUT2D eigenvalue weighted by Crippen LogP contribution is -2.12. The third-order valence-corrected chi connectivity index (χ3v) is 3.18. The molecule has 0 radical (unpaired) electrons. The maximum Gasteiger partial charge on any atom is 0.339 e. The van der Waals surface area contributed by atoms with Gasteiger partial charge in [-0.1, -0.05) is 0 Å². The lowest BCUT2D eigenvalue weighted by Gasteiger charge is -2.08. The van der Waals surface area contributed by atoms with E-state index in [1.54, 1.807) is 0 Å². The second-order valence-corrected chi connectivity index (χ2v) is 4.20. The van der Waals surface area contributed by atoms with Crippen LogP contribution in [-0.4, -0.2) is 22.2 Å². The number of aromatic carboxylic acids is 2. The van der Waals surface area contributed by atoms with Gasteiger partial charge in [-0.3, -0.25) is 0 Å². The third-order valence-electron chi connectivity index (χ3n) is 1.69.